The quantitative estimate of drug-likeness (QED) is 0.691. The van der Waals surface area contributed by atoms with Gasteiger partial charge in [0.1, 0.15) is 0 Å². The van der Waals surface area contributed by atoms with E-state index < -0.39 is 0 Å². The Balaban J connectivity index is 2.26. The van der Waals surface area contributed by atoms with Crippen molar-refractivity contribution in [1.82, 2.24) is 0 Å². The molecule has 0 unspecified atom stereocenters. The van der Waals surface area contributed by atoms with Crippen LogP contribution < -0.4 is 5.32 Å². The molecule has 1 rings (SSSR count). The lowest BCUT2D eigenvalue weighted by molar-refractivity contribution is 0.959. The lowest BCUT2D eigenvalue weighted by Crippen LogP contribution is -1.98. The van der Waals surface area contributed by atoms with Crippen LogP contribution in [0.1, 0.15) is 33.6 Å². The fourth-order valence-corrected chi connectivity index (χ4v) is 1.59. The lowest BCUT2D eigenvalue weighted by Gasteiger charge is -2.04. The highest BCUT2D eigenvalue weighted by molar-refractivity contribution is 5.42. The number of nitrogens with one attached hydrogen (secondary N) is 1. The molecule has 0 spiro atoms. The standard InChI is InChI=1S/C16H23N/c1-14(2)8-7-9-15(3)12-13-17-16-10-5-4-6-11-16/h4-6,8,10-12,17H,7,9,13H2,1-3H3/b15-12+. The number of para-hydroxylation sites is 1. The molecule has 0 fully saturated rings. The number of anilines is 1. The Morgan fingerprint density at radius 1 is 1.06 bits per heavy atom. The summed E-state index contributed by atoms with van der Waals surface area (Å²) in [6, 6.07) is 10.3. The van der Waals surface area contributed by atoms with E-state index in [2.05, 4.69) is 50.4 Å². The van der Waals surface area contributed by atoms with Gasteiger partial charge >= 0.3 is 0 Å². The van der Waals surface area contributed by atoms with Gasteiger partial charge < -0.3 is 5.32 Å². The first kappa shape index (κ1) is 13.6. The molecule has 0 amide bonds. The Kier molecular flexibility index (Phi) is 6.16. The molecule has 0 radical (unpaired) electrons. The normalized spacial score (nSPS) is 11.1. The fraction of sp³-hybridized carbons (Fsp3) is 0.375. The highest BCUT2D eigenvalue weighted by atomic mass is 14.8. The minimum absolute atomic E-state index is 0.907. The van der Waals surface area contributed by atoms with Gasteiger partial charge in [-0.3, -0.25) is 0 Å². The number of hydrogen-bond donors (Lipinski definition) is 1. The summed E-state index contributed by atoms with van der Waals surface area (Å²) in [4.78, 5) is 0. The van der Waals surface area contributed by atoms with Gasteiger partial charge in [-0.1, -0.05) is 41.5 Å². The van der Waals surface area contributed by atoms with Gasteiger partial charge in [-0.2, -0.15) is 0 Å². The van der Waals surface area contributed by atoms with Crippen molar-refractivity contribution in [2.24, 2.45) is 0 Å². The van der Waals surface area contributed by atoms with E-state index in [1.807, 2.05) is 18.2 Å². The molecule has 0 aromatic heterocycles. The minimum Gasteiger partial charge on any atom is -0.382 e. The van der Waals surface area contributed by atoms with Gasteiger partial charge in [0, 0.05) is 12.2 Å². The molecule has 0 aliphatic rings. The van der Waals surface area contributed by atoms with Crippen molar-refractivity contribution >= 4 is 5.69 Å². The van der Waals surface area contributed by atoms with Crippen molar-refractivity contribution in [3.8, 4) is 0 Å². The molecule has 17 heavy (non-hydrogen) atoms. The first-order valence-electron chi connectivity index (χ1n) is 6.26. The monoisotopic (exact) mass is 229 g/mol. The number of hydrogen-bond acceptors (Lipinski definition) is 1. The van der Waals surface area contributed by atoms with Crippen molar-refractivity contribution in [1.29, 1.82) is 0 Å². The molecule has 1 aromatic rings. The van der Waals surface area contributed by atoms with Crippen LogP contribution in [0.25, 0.3) is 0 Å². The van der Waals surface area contributed by atoms with Crippen LogP contribution in [-0.2, 0) is 0 Å². The van der Waals surface area contributed by atoms with Crippen LogP contribution in [0, 0.1) is 0 Å². The summed E-state index contributed by atoms with van der Waals surface area (Å²) in [5, 5.41) is 3.38. The van der Waals surface area contributed by atoms with Crippen LogP contribution in [0.15, 0.2) is 53.6 Å². The maximum absolute atomic E-state index is 3.38. The molecule has 0 aliphatic heterocycles. The summed E-state index contributed by atoms with van der Waals surface area (Å²) in [5.41, 5.74) is 4.03. The summed E-state index contributed by atoms with van der Waals surface area (Å²) in [6.45, 7) is 7.40. The smallest absolute Gasteiger partial charge is 0.0342 e. The van der Waals surface area contributed by atoms with Crippen LogP contribution in [-0.4, -0.2) is 6.54 Å². The van der Waals surface area contributed by atoms with Crippen molar-refractivity contribution < 1.29 is 0 Å². The minimum atomic E-state index is 0.907. The van der Waals surface area contributed by atoms with Crippen LogP contribution >= 0.6 is 0 Å². The van der Waals surface area contributed by atoms with E-state index in [9.17, 15) is 0 Å². The van der Waals surface area contributed by atoms with Crippen LogP contribution in [0.3, 0.4) is 0 Å². The van der Waals surface area contributed by atoms with Crippen molar-refractivity contribution in [3.05, 3.63) is 53.6 Å². The second kappa shape index (κ2) is 7.72. The molecular weight excluding hydrogens is 206 g/mol. The molecule has 1 heteroatoms. The second-order valence-electron chi connectivity index (χ2n) is 4.62. The van der Waals surface area contributed by atoms with Crippen molar-refractivity contribution in [2.75, 3.05) is 11.9 Å². The molecule has 0 aliphatic carbocycles. The molecule has 0 heterocycles. The summed E-state index contributed by atoms with van der Waals surface area (Å²) in [6.07, 6.45) is 6.87. The molecular formula is C16H23N. The Morgan fingerprint density at radius 3 is 2.41 bits per heavy atom. The zero-order valence-electron chi connectivity index (χ0n) is 11.2. The molecule has 1 nitrogen and oxygen atoms in total. The van der Waals surface area contributed by atoms with Crippen LogP contribution in [0.4, 0.5) is 5.69 Å². The topological polar surface area (TPSA) is 12.0 Å². The zero-order valence-corrected chi connectivity index (χ0v) is 11.2. The maximum Gasteiger partial charge on any atom is 0.0342 e. The Hall–Kier alpha value is -1.50. The number of allylic oxidation sites excluding steroid dienone is 3. The molecule has 0 bridgehead atoms. The molecule has 92 valence electrons. The largest absolute Gasteiger partial charge is 0.382 e. The highest BCUT2D eigenvalue weighted by Crippen LogP contribution is 2.08. The summed E-state index contributed by atoms with van der Waals surface area (Å²) >= 11 is 0. The van der Waals surface area contributed by atoms with Crippen LogP contribution in [0.5, 0.6) is 0 Å². The fourth-order valence-electron chi connectivity index (χ4n) is 1.59. The van der Waals surface area contributed by atoms with E-state index in [-0.39, 0.29) is 0 Å². The van der Waals surface area contributed by atoms with Gasteiger partial charge in [0.05, 0.1) is 0 Å². The van der Waals surface area contributed by atoms with Gasteiger partial charge in [0.15, 0.2) is 0 Å². The molecule has 1 aromatic carbocycles. The zero-order chi connectivity index (χ0) is 12.5. The van der Waals surface area contributed by atoms with Gasteiger partial charge in [-0.15, -0.1) is 0 Å². The van der Waals surface area contributed by atoms with Crippen molar-refractivity contribution in [3.63, 3.8) is 0 Å². The Morgan fingerprint density at radius 2 is 1.76 bits per heavy atom. The predicted molar refractivity (Wildman–Crippen MR) is 77.4 cm³/mol. The van der Waals surface area contributed by atoms with E-state index in [1.54, 1.807) is 0 Å². The Bertz CT molecular complexity index is 370. The van der Waals surface area contributed by atoms with Gasteiger partial charge in [0.25, 0.3) is 0 Å². The first-order chi connectivity index (χ1) is 8.18. The average Bonchev–Trinajstić information content (AvgIpc) is 2.30. The SMILES string of the molecule is CC(C)=CCC/C(C)=C/CNc1ccccc1. The third-order valence-electron chi connectivity index (χ3n) is 2.62. The highest BCUT2D eigenvalue weighted by Gasteiger charge is 1.90. The third kappa shape index (κ3) is 6.62. The van der Waals surface area contributed by atoms with E-state index >= 15 is 0 Å². The van der Waals surface area contributed by atoms with Crippen molar-refractivity contribution in [2.45, 2.75) is 33.6 Å². The van der Waals surface area contributed by atoms with E-state index in [4.69, 9.17) is 0 Å². The summed E-state index contributed by atoms with van der Waals surface area (Å²) in [5.74, 6) is 0. The lowest BCUT2D eigenvalue weighted by atomic mass is 10.1. The molecule has 0 atom stereocenters. The molecule has 0 saturated carbocycles. The summed E-state index contributed by atoms with van der Waals surface area (Å²) < 4.78 is 0. The Labute approximate surface area is 105 Å². The maximum atomic E-state index is 3.38. The van der Waals surface area contributed by atoms with Gasteiger partial charge in [-0.05, 0) is 45.7 Å². The van der Waals surface area contributed by atoms with Crippen LogP contribution in [0.2, 0.25) is 0 Å². The first-order valence-corrected chi connectivity index (χ1v) is 6.26. The number of benzene rings is 1. The predicted octanol–water partition coefficient (Wildman–Crippen LogP) is 4.79. The van der Waals surface area contributed by atoms with E-state index in [0.717, 1.165) is 19.4 Å². The summed E-state index contributed by atoms with van der Waals surface area (Å²) in [7, 11) is 0. The molecule has 0 saturated heterocycles. The van der Waals surface area contributed by atoms with Gasteiger partial charge in [-0.25, -0.2) is 0 Å². The second-order valence-corrected chi connectivity index (χ2v) is 4.62. The average molecular weight is 229 g/mol. The van der Waals surface area contributed by atoms with Gasteiger partial charge in [0.2, 0.25) is 0 Å². The third-order valence-corrected chi connectivity index (χ3v) is 2.62. The molecule has 1 N–H and O–H groups in total. The number of rotatable bonds is 6. The van der Waals surface area contributed by atoms with E-state index in [0.29, 0.717) is 0 Å². The van der Waals surface area contributed by atoms with E-state index in [1.165, 1.54) is 16.8 Å².